The zero-order valence-corrected chi connectivity index (χ0v) is 13.8. The Morgan fingerprint density at radius 3 is 2.26 bits per heavy atom. The number of aliphatic carboxylic acids is 1. The lowest BCUT2D eigenvalue weighted by atomic mass is 9.96. The van der Waals surface area contributed by atoms with Gasteiger partial charge in [-0.1, -0.05) is 30.3 Å². The summed E-state index contributed by atoms with van der Waals surface area (Å²) in [5.74, 6) is -1.74. The van der Waals surface area contributed by atoms with Crippen LogP contribution >= 0.6 is 0 Å². The van der Waals surface area contributed by atoms with E-state index in [1.54, 1.807) is 24.3 Å². The van der Waals surface area contributed by atoms with E-state index in [2.05, 4.69) is 0 Å². The first-order valence-electron chi connectivity index (χ1n) is 7.53. The molecular formula is C16H21NO5S. The van der Waals surface area contributed by atoms with Gasteiger partial charge in [0, 0.05) is 19.3 Å². The van der Waals surface area contributed by atoms with E-state index in [4.69, 9.17) is 5.11 Å². The van der Waals surface area contributed by atoms with Crippen molar-refractivity contribution in [3.63, 3.8) is 0 Å². The Labute approximate surface area is 136 Å². The molecule has 6 nitrogen and oxygen atoms in total. The van der Waals surface area contributed by atoms with Crippen LogP contribution in [0.25, 0.3) is 0 Å². The Morgan fingerprint density at radius 1 is 1.22 bits per heavy atom. The van der Waals surface area contributed by atoms with Crippen LogP contribution in [0.4, 0.5) is 0 Å². The molecule has 2 rings (SSSR count). The van der Waals surface area contributed by atoms with Crippen LogP contribution in [0.15, 0.2) is 30.3 Å². The van der Waals surface area contributed by atoms with E-state index in [0.717, 1.165) is 11.8 Å². The molecule has 1 heterocycles. The minimum absolute atomic E-state index is 0.136. The molecule has 0 aliphatic carbocycles. The van der Waals surface area contributed by atoms with Crippen molar-refractivity contribution in [2.75, 3.05) is 19.3 Å². The fourth-order valence-corrected chi connectivity index (χ4v) is 3.81. The molecule has 1 aromatic rings. The van der Waals surface area contributed by atoms with E-state index < -0.39 is 32.9 Å². The summed E-state index contributed by atoms with van der Waals surface area (Å²) >= 11 is 0. The first-order valence-corrected chi connectivity index (χ1v) is 9.49. The Balaban J connectivity index is 2.11. The molecular weight excluding hydrogens is 318 g/mol. The highest BCUT2D eigenvalue weighted by Gasteiger charge is 2.35. The van der Waals surface area contributed by atoms with Crippen molar-refractivity contribution in [2.24, 2.45) is 5.92 Å². The molecule has 1 aliphatic heterocycles. The highest BCUT2D eigenvalue weighted by molar-refractivity contribution is 7.92. The van der Waals surface area contributed by atoms with Crippen LogP contribution in [0.3, 0.4) is 0 Å². The van der Waals surface area contributed by atoms with Crippen molar-refractivity contribution in [3.8, 4) is 0 Å². The van der Waals surface area contributed by atoms with Crippen LogP contribution in [0.5, 0.6) is 0 Å². The third-order valence-corrected chi connectivity index (χ3v) is 5.61. The zero-order chi connectivity index (χ0) is 17.0. The number of carbonyl (C=O) groups excluding carboxylic acids is 1. The predicted octanol–water partition coefficient (Wildman–Crippen LogP) is 0.965. The minimum atomic E-state index is -3.55. The smallest absolute Gasteiger partial charge is 0.306 e. The van der Waals surface area contributed by atoms with E-state index in [1.165, 1.54) is 4.90 Å². The average molecular weight is 339 g/mol. The third-order valence-electron chi connectivity index (χ3n) is 4.21. The number of carboxylic acids is 1. The number of amides is 1. The van der Waals surface area contributed by atoms with Crippen molar-refractivity contribution >= 4 is 21.7 Å². The van der Waals surface area contributed by atoms with Crippen molar-refractivity contribution < 1.29 is 23.1 Å². The van der Waals surface area contributed by atoms with Gasteiger partial charge in [-0.3, -0.25) is 9.59 Å². The number of carbonyl (C=O) groups is 2. The van der Waals surface area contributed by atoms with Gasteiger partial charge < -0.3 is 10.0 Å². The van der Waals surface area contributed by atoms with Crippen LogP contribution < -0.4 is 0 Å². The lowest BCUT2D eigenvalue weighted by molar-refractivity contribution is -0.145. The first-order chi connectivity index (χ1) is 10.8. The van der Waals surface area contributed by atoms with E-state index in [1.807, 2.05) is 6.07 Å². The monoisotopic (exact) mass is 339 g/mol. The molecule has 0 bridgehead atoms. The van der Waals surface area contributed by atoms with Gasteiger partial charge in [-0.15, -0.1) is 0 Å². The van der Waals surface area contributed by atoms with E-state index in [0.29, 0.717) is 12.8 Å². The lowest BCUT2D eigenvalue weighted by Gasteiger charge is -2.32. The first kappa shape index (κ1) is 17.5. The molecule has 0 aromatic heterocycles. The molecule has 1 amide bonds. The number of benzene rings is 1. The van der Waals surface area contributed by atoms with Crippen molar-refractivity contribution in [1.29, 1.82) is 0 Å². The van der Waals surface area contributed by atoms with E-state index in [9.17, 15) is 18.0 Å². The maximum atomic E-state index is 12.6. The molecule has 0 unspecified atom stereocenters. The van der Waals surface area contributed by atoms with Crippen molar-refractivity contribution in [3.05, 3.63) is 35.9 Å². The number of hydrogen-bond donors (Lipinski definition) is 1. The summed E-state index contributed by atoms with van der Waals surface area (Å²) < 4.78 is 24.1. The predicted molar refractivity (Wildman–Crippen MR) is 85.7 cm³/mol. The zero-order valence-electron chi connectivity index (χ0n) is 13.0. The van der Waals surface area contributed by atoms with Crippen LogP contribution in [0.2, 0.25) is 0 Å². The summed E-state index contributed by atoms with van der Waals surface area (Å²) in [7, 11) is -3.55. The topological polar surface area (TPSA) is 91.8 Å². The maximum Gasteiger partial charge on any atom is 0.306 e. The van der Waals surface area contributed by atoms with Crippen LogP contribution in [0, 0.1) is 5.92 Å². The summed E-state index contributed by atoms with van der Waals surface area (Å²) in [5, 5.41) is 7.88. The molecule has 1 saturated heterocycles. The summed E-state index contributed by atoms with van der Waals surface area (Å²) in [6.07, 6.45) is 1.94. The molecule has 0 saturated carbocycles. The highest BCUT2D eigenvalue weighted by Crippen LogP contribution is 2.20. The Hall–Kier alpha value is -1.89. The second kappa shape index (κ2) is 7.12. The van der Waals surface area contributed by atoms with Crippen molar-refractivity contribution in [2.45, 2.75) is 24.5 Å². The molecule has 1 fully saturated rings. The normalized spacial score (nSPS) is 17.7. The number of carboxylic acid groups (broad SMARTS) is 1. The number of hydrogen-bond acceptors (Lipinski definition) is 4. The van der Waals surface area contributed by atoms with Crippen LogP contribution in [-0.4, -0.2) is 54.9 Å². The van der Waals surface area contributed by atoms with Gasteiger partial charge in [0.05, 0.1) is 5.92 Å². The van der Waals surface area contributed by atoms with Gasteiger partial charge in [-0.05, 0) is 24.8 Å². The quantitative estimate of drug-likeness (QED) is 0.863. The largest absolute Gasteiger partial charge is 0.481 e. The number of sulfone groups is 1. The lowest BCUT2D eigenvalue weighted by Crippen LogP contribution is -2.48. The molecule has 23 heavy (non-hydrogen) atoms. The SMILES string of the molecule is CS(=O)(=O)[C@@H](Cc1ccccc1)C(=O)N1CCC(C(=O)O)CC1. The molecule has 1 N–H and O–H groups in total. The second-order valence-corrected chi connectivity index (χ2v) is 8.17. The van der Waals surface area contributed by atoms with Gasteiger partial charge in [0.15, 0.2) is 9.84 Å². The fourth-order valence-electron chi connectivity index (χ4n) is 2.80. The van der Waals surface area contributed by atoms with Crippen LogP contribution in [-0.2, 0) is 25.8 Å². The van der Waals surface area contributed by atoms with Gasteiger partial charge >= 0.3 is 5.97 Å². The summed E-state index contributed by atoms with van der Waals surface area (Å²) in [4.78, 5) is 25.1. The number of nitrogens with zero attached hydrogens (tertiary/aromatic N) is 1. The summed E-state index contributed by atoms with van der Waals surface area (Å²) in [6, 6.07) is 9.02. The Bertz CT molecular complexity index is 663. The van der Waals surface area contributed by atoms with Gasteiger partial charge in [-0.25, -0.2) is 8.42 Å². The number of likely N-dealkylation sites (tertiary alicyclic amines) is 1. The van der Waals surface area contributed by atoms with Gasteiger partial charge in [0.25, 0.3) is 0 Å². The standard InChI is InChI=1S/C16H21NO5S/c1-23(21,22)14(11-12-5-3-2-4-6-12)15(18)17-9-7-13(8-10-17)16(19)20/h2-6,13-14H,7-11H2,1H3,(H,19,20)/t14-/m0/s1. The van der Waals surface area contributed by atoms with Gasteiger partial charge in [-0.2, -0.15) is 0 Å². The number of rotatable bonds is 5. The summed E-state index contributed by atoms with van der Waals surface area (Å²) in [5.41, 5.74) is 0.789. The molecule has 1 aliphatic rings. The minimum Gasteiger partial charge on any atom is -0.481 e. The maximum absolute atomic E-state index is 12.6. The number of piperidine rings is 1. The fraction of sp³-hybridized carbons (Fsp3) is 0.500. The Morgan fingerprint density at radius 2 is 1.78 bits per heavy atom. The second-order valence-electron chi connectivity index (χ2n) is 5.95. The highest BCUT2D eigenvalue weighted by atomic mass is 32.2. The van der Waals surface area contributed by atoms with E-state index >= 15 is 0 Å². The molecule has 1 aromatic carbocycles. The molecule has 126 valence electrons. The Kier molecular flexibility index (Phi) is 5.41. The van der Waals surface area contributed by atoms with E-state index in [-0.39, 0.29) is 19.5 Å². The average Bonchev–Trinajstić information content (AvgIpc) is 2.52. The molecule has 1 atom stereocenters. The van der Waals surface area contributed by atoms with Gasteiger partial charge in [0.1, 0.15) is 5.25 Å². The summed E-state index contributed by atoms with van der Waals surface area (Å²) in [6.45, 7) is 0.577. The third kappa shape index (κ3) is 4.54. The molecule has 0 spiro atoms. The van der Waals surface area contributed by atoms with Crippen LogP contribution in [0.1, 0.15) is 18.4 Å². The molecule has 0 radical (unpaired) electrons. The van der Waals surface area contributed by atoms with Crippen molar-refractivity contribution in [1.82, 2.24) is 4.90 Å². The van der Waals surface area contributed by atoms with Gasteiger partial charge in [0.2, 0.25) is 5.91 Å². The molecule has 7 heteroatoms.